The van der Waals surface area contributed by atoms with Crippen LogP contribution in [0.25, 0.3) is 10.8 Å². The van der Waals surface area contributed by atoms with Gasteiger partial charge < -0.3 is 10.4 Å². The van der Waals surface area contributed by atoms with Gasteiger partial charge in [0, 0.05) is 12.5 Å². The van der Waals surface area contributed by atoms with Gasteiger partial charge in [0.25, 0.3) is 5.69 Å². The maximum absolute atomic E-state index is 13.1. The number of fused-ring (bicyclic) bond motifs is 1. The van der Waals surface area contributed by atoms with E-state index in [1.165, 1.54) is 12.1 Å². The van der Waals surface area contributed by atoms with Crippen molar-refractivity contribution >= 4 is 38.4 Å². The molecule has 2 unspecified atom stereocenters. The van der Waals surface area contributed by atoms with Crippen molar-refractivity contribution < 1.29 is 28.0 Å². The van der Waals surface area contributed by atoms with E-state index in [2.05, 4.69) is 10.0 Å². The van der Waals surface area contributed by atoms with Gasteiger partial charge in [-0.1, -0.05) is 67.4 Å². The SMILES string of the molecule is O=C(O)C(Cc1ccc2ccccc2c1)NC(=O)C(CC1CC1)NS(=O)(=O)c1ccccc1[N+](=O)[O-]. The van der Waals surface area contributed by atoms with Gasteiger partial charge in [-0.15, -0.1) is 0 Å². The van der Waals surface area contributed by atoms with Gasteiger partial charge in [-0.3, -0.25) is 14.9 Å². The second-order valence-corrected chi connectivity index (χ2v) is 10.5. The average Bonchev–Trinajstić information content (AvgIpc) is 3.67. The first-order chi connectivity index (χ1) is 17.1. The molecule has 2 atom stereocenters. The Hall–Kier alpha value is -3.83. The Labute approximate surface area is 207 Å². The molecule has 0 aromatic heterocycles. The quantitative estimate of drug-likeness (QED) is 0.264. The summed E-state index contributed by atoms with van der Waals surface area (Å²) in [7, 11) is -4.44. The Kier molecular flexibility index (Phi) is 7.32. The molecule has 0 bridgehead atoms. The van der Waals surface area contributed by atoms with Crippen LogP contribution in [0, 0.1) is 16.0 Å². The second kappa shape index (κ2) is 10.4. The predicted octanol–water partition coefficient (Wildman–Crippen LogP) is 3.01. The number of nitrogens with zero attached hydrogens (tertiary/aromatic N) is 1. The van der Waals surface area contributed by atoms with E-state index in [-0.39, 0.29) is 18.8 Å². The molecule has 1 fully saturated rings. The van der Waals surface area contributed by atoms with Crippen molar-refractivity contribution in [2.45, 2.75) is 42.7 Å². The van der Waals surface area contributed by atoms with Crippen molar-refractivity contribution in [3.8, 4) is 0 Å². The second-order valence-electron chi connectivity index (χ2n) is 8.86. The van der Waals surface area contributed by atoms with E-state index in [9.17, 15) is 33.2 Å². The number of hydrogen-bond acceptors (Lipinski definition) is 6. The van der Waals surface area contributed by atoms with Gasteiger partial charge in [0.1, 0.15) is 12.1 Å². The molecule has 36 heavy (non-hydrogen) atoms. The number of aliphatic carboxylic acids is 1. The number of carboxylic acid groups (broad SMARTS) is 1. The molecule has 1 saturated carbocycles. The minimum absolute atomic E-state index is 0.00103. The fourth-order valence-corrected chi connectivity index (χ4v) is 5.44. The molecule has 1 amide bonds. The first kappa shape index (κ1) is 25.3. The number of hydrogen-bond donors (Lipinski definition) is 3. The molecular formula is C25H25N3O7S. The van der Waals surface area contributed by atoms with Gasteiger partial charge in [-0.25, -0.2) is 13.2 Å². The molecule has 0 saturated heterocycles. The standard InChI is InChI=1S/C25H25N3O7S/c29-24(26-21(25(30)31)15-17-11-12-18-5-1-2-6-19(18)13-17)20(14-16-9-10-16)27-36(34,35)23-8-4-3-7-22(23)28(32)33/h1-8,11-13,16,20-21,27H,9-10,14-15H2,(H,26,29)(H,30,31). The monoisotopic (exact) mass is 511 g/mol. The van der Waals surface area contributed by atoms with Crippen LogP contribution in [0.5, 0.6) is 0 Å². The van der Waals surface area contributed by atoms with Gasteiger partial charge in [-0.2, -0.15) is 4.72 Å². The van der Waals surface area contributed by atoms with E-state index in [1.54, 1.807) is 6.07 Å². The van der Waals surface area contributed by atoms with Crippen molar-refractivity contribution in [2.24, 2.45) is 5.92 Å². The number of carbonyl (C=O) groups is 2. The van der Waals surface area contributed by atoms with Crippen LogP contribution in [-0.4, -0.2) is 42.4 Å². The molecule has 3 aromatic carbocycles. The highest BCUT2D eigenvalue weighted by Gasteiger charge is 2.36. The summed E-state index contributed by atoms with van der Waals surface area (Å²) in [5.74, 6) is -1.95. The third-order valence-electron chi connectivity index (χ3n) is 6.10. The van der Waals surface area contributed by atoms with Gasteiger partial charge in [0.2, 0.25) is 15.9 Å². The largest absolute Gasteiger partial charge is 0.480 e. The smallest absolute Gasteiger partial charge is 0.326 e. The molecule has 3 aromatic rings. The minimum Gasteiger partial charge on any atom is -0.480 e. The van der Waals surface area contributed by atoms with Crippen LogP contribution in [0.3, 0.4) is 0 Å². The zero-order valence-electron chi connectivity index (χ0n) is 19.2. The van der Waals surface area contributed by atoms with Gasteiger partial charge >= 0.3 is 5.97 Å². The van der Waals surface area contributed by atoms with Gasteiger partial charge in [0.15, 0.2) is 4.90 Å². The Morgan fingerprint density at radius 3 is 2.33 bits per heavy atom. The molecule has 0 spiro atoms. The number of para-hydroxylation sites is 1. The number of carboxylic acids is 1. The molecule has 1 aliphatic carbocycles. The zero-order chi connectivity index (χ0) is 25.9. The number of rotatable bonds is 11. The van der Waals surface area contributed by atoms with Crippen LogP contribution in [0.1, 0.15) is 24.8 Å². The summed E-state index contributed by atoms with van der Waals surface area (Å²) < 4.78 is 28.3. The highest BCUT2D eigenvalue weighted by Crippen LogP contribution is 2.34. The molecule has 0 aliphatic heterocycles. The zero-order valence-corrected chi connectivity index (χ0v) is 20.0. The fraction of sp³-hybridized carbons (Fsp3) is 0.280. The topological polar surface area (TPSA) is 156 Å². The lowest BCUT2D eigenvalue weighted by Gasteiger charge is -2.21. The molecule has 11 heteroatoms. The molecular weight excluding hydrogens is 486 g/mol. The number of sulfonamides is 1. The number of nitrogens with one attached hydrogen (secondary N) is 2. The highest BCUT2D eigenvalue weighted by molar-refractivity contribution is 7.89. The number of amides is 1. The Morgan fingerprint density at radius 1 is 1.00 bits per heavy atom. The van der Waals surface area contributed by atoms with Crippen LogP contribution in [0.15, 0.2) is 71.6 Å². The van der Waals surface area contributed by atoms with Crippen LogP contribution >= 0.6 is 0 Å². The normalized spacial score (nSPS) is 15.2. The van der Waals surface area contributed by atoms with Crippen molar-refractivity contribution in [2.75, 3.05) is 0 Å². The van der Waals surface area contributed by atoms with Crippen molar-refractivity contribution in [1.29, 1.82) is 0 Å². The molecule has 1 aliphatic rings. The fourth-order valence-electron chi connectivity index (χ4n) is 4.06. The number of benzene rings is 3. The van der Waals surface area contributed by atoms with Crippen LogP contribution < -0.4 is 10.0 Å². The van der Waals surface area contributed by atoms with Crippen molar-refractivity contribution in [3.05, 3.63) is 82.4 Å². The number of carbonyl (C=O) groups excluding carboxylic acids is 1. The Bertz CT molecular complexity index is 1420. The first-order valence-corrected chi connectivity index (χ1v) is 12.9. The Morgan fingerprint density at radius 2 is 1.67 bits per heavy atom. The van der Waals surface area contributed by atoms with Gasteiger partial charge in [-0.05, 0) is 34.7 Å². The van der Waals surface area contributed by atoms with Crippen LogP contribution in [-0.2, 0) is 26.0 Å². The third-order valence-corrected chi connectivity index (χ3v) is 7.62. The molecule has 10 nitrogen and oxygen atoms in total. The van der Waals surface area contributed by atoms with E-state index in [0.29, 0.717) is 5.56 Å². The maximum atomic E-state index is 13.1. The Balaban J connectivity index is 1.54. The summed E-state index contributed by atoms with van der Waals surface area (Å²) in [5, 5.41) is 25.4. The summed E-state index contributed by atoms with van der Waals surface area (Å²) in [5.41, 5.74) is 0.0796. The molecule has 4 rings (SSSR count). The lowest BCUT2D eigenvalue weighted by Crippen LogP contribution is -2.52. The predicted molar refractivity (Wildman–Crippen MR) is 132 cm³/mol. The minimum atomic E-state index is -4.44. The first-order valence-electron chi connectivity index (χ1n) is 11.4. The summed E-state index contributed by atoms with van der Waals surface area (Å²) >= 11 is 0. The van der Waals surface area contributed by atoms with Crippen molar-refractivity contribution in [1.82, 2.24) is 10.0 Å². The van der Waals surface area contributed by atoms with E-state index in [4.69, 9.17) is 0 Å². The van der Waals surface area contributed by atoms with E-state index >= 15 is 0 Å². The lowest BCUT2D eigenvalue weighted by molar-refractivity contribution is -0.387. The van der Waals surface area contributed by atoms with Crippen molar-refractivity contribution in [3.63, 3.8) is 0 Å². The number of nitro groups is 1. The molecule has 0 heterocycles. The van der Waals surface area contributed by atoms with E-state index < -0.39 is 49.5 Å². The lowest BCUT2D eigenvalue weighted by atomic mass is 10.0. The summed E-state index contributed by atoms with van der Waals surface area (Å²) in [6.07, 6.45) is 1.79. The molecule has 0 radical (unpaired) electrons. The third kappa shape index (κ3) is 6.04. The van der Waals surface area contributed by atoms with E-state index in [1.807, 2.05) is 36.4 Å². The molecule has 3 N–H and O–H groups in total. The number of nitro benzene ring substituents is 1. The van der Waals surface area contributed by atoms with Crippen LogP contribution in [0.4, 0.5) is 5.69 Å². The average molecular weight is 512 g/mol. The summed E-state index contributed by atoms with van der Waals surface area (Å²) in [6.45, 7) is 0. The van der Waals surface area contributed by atoms with E-state index in [0.717, 1.165) is 35.7 Å². The molecule has 188 valence electrons. The maximum Gasteiger partial charge on any atom is 0.326 e. The van der Waals surface area contributed by atoms with Gasteiger partial charge in [0.05, 0.1) is 4.92 Å². The summed E-state index contributed by atoms with van der Waals surface area (Å²) in [6, 6.07) is 15.4. The summed E-state index contributed by atoms with van der Waals surface area (Å²) in [4.78, 5) is 35.0. The van der Waals surface area contributed by atoms with Crippen LogP contribution in [0.2, 0.25) is 0 Å². The highest BCUT2D eigenvalue weighted by atomic mass is 32.2.